The van der Waals surface area contributed by atoms with Crippen LogP contribution >= 0.6 is 0 Å². The lowest BCUT2D eigenvalue weighted by Gasteiger charge is -2.32. The third-order valence-corrected chi connectivity index (χ3v) is 6.15. The van der Waals surface area contributed by atoms with E-state index in [1.807, 2.05) is 52.1 Å². The van der Waals surface area contributed by atoms with E-state index in [2.05, 4.69) is 23.2 Å². The van der Waals surface area contributed by atoms with E-state index in [4.69, 9.17) is 9.31 Å². The van der Waals surface area contributed by atoms with E-state index in [1.165, 1.54) is 11.1 Å². The molecule has 1 fully saturated rings. The van der Waals surface area contributed by atoms with E-state index >= 15 is 0 Å². The van der Waals surface area contributed by atoms with Crippen molar-refractivity contribution in [1.29, 1.82) is 5.26 Å². The van der Waals surface area contributed by atoms with Gasteiger partial charge in [0.15, 0.2) is 0 Å². The summed E-state index contributed by atoms with van der Waals surface area (Å²) in [5.74, 6) is 0. The molecule has 4 rings (SSSR count). The number of nitrogens with zero attached hydrogens (tertiary/aromatic N) is 2. The molecule has 2 heterocycles. The quantitative estimate of drug-likeness (QED) is 0.785. The van der Waals surface area contributed by atoms with Crippen LogP contribution < -0.4 is 5.46 Å². The maximum absolute atomic E-state index is 10.0. The second kappa shape index (κ2) is 5.67. The van der Waals surface area contributed by atoms with Crippen molar-refractivity contribution in [2.75, 3.05) is 0 Å². The average Bonchev–Trinajstić information content (AvgIpc) is 3.10. The van der Waals surface area contributed by atoms with Gasteiger partial charge in [-0.1, -0.05) is 30.3 Å². The van der Waals surface area contributed by atoms with Gasteiger partial charge in [-0.3, -0.25) is 4.98 Å². The third kappa shape index (κ3) is 2.56. The van der Waals surface area contributed by atoms with E-state index in [0.29, 0.717) is 12.8 Å². The minimum Gasteiger partial charge on any atom is -0.399 e. The van der Waals surface area contributed by atoms with Crippen LogP contribution in [-0.4, -0.2) is 23.3 Å². The van der Waals surface area contributed by atoms with Gasteiger partial charge in [-0.15, -0.1) is 0 Å². The molecule has 0 saturated carbocycles. The van der Waals surface area contributed by atoms with Crippen molar-refractivity contribution in [2.24, 2.45) is 0 Å². The Morgan fingerprint density at radius 3 is 2.12 bits per heavy atom. The molecule has 0 bridgehead atoms. The lowest BCUT2D eigenvalue weighted by molar-refractivity contribution is 0.00578. The maximum Gasteiger partial charge on any atom is 0.496 e. The molecule has 1 saturated heterocycles. The van der Waals surface area contributed by atoms with E-state index in [1.54, 1.807) is 6.20 Å². The van der Waals surface area contributed by atoms with Crippen molar-refractivity contribution in [3.8, 4) is 6.07 Å². The van der Waals surface area contributed by atoms with E-state index in [0.717, 1.165) is 11.0 Å². The summed E-state index contributed by atoms with van der Waals surface area (Å²) >= 11 is 0. The number of fused-ring (bicyclic) bond motifs is 1. The number of hydrogen-bond acceptors (Lipinski definition) is 4. The first-order valence-electron chi connectivity index (χ1n) is 9.05. The molecule has 0 spiro atoms. The number of nitriles is 1. The van der Waals surface area contributed by atoms with Crippen LogP contribution in [0.2, 0.25) is 0 Å². The SMILES string of the molecule is CC1(C)OB(c2cncc(C3(C#N)Cc4ccccc4C3)c2)OC1(C)C. The molecule has 4 nitrogen and oxygen atoms in total. The number of benzene rings is 1. The summed E-state index contributed by atoms with van der Waals surface area (Å²) in [6.07, 6.45) is 5.02. The fraction of sp³-hybridized carbons (Fsp3) is 0.429. The van der Waals surface area contributed by atoms with Gasteiger partial charge >= 0.3 is 7.12 Å². The van der Waals surface area contributed by atoms with Gasteiger partial charge in [-0.25, -0.2) is 0 Å². The van der Waals surface area contributed by atoms with Crippen LogP contribution in [0, 0.1) is 11.3 Å². The second-order valence-corrected chi connectivity index (χ2v) is 8.41. The predicted molar refractivity (Wildman–Crippen MR) is 101 cm³/mol. The standard InChI is InChI=1S/C21H23BN2O2/c1-19(2)20(3,4)26-22(25-19)18-9-17(12-24-13-18)21(14-23)10-15-7-5-6-8-16(15)11-21/h5-9,12-13H,10-11H2,1-4H3. The Bertz CT molecular complexity index is 860. The zero-order valence-electron chi connectivity index (χ0n) is 15.7. The van der Waals surface area contributed by atoms with Crippen molar-refractivity contribution in [3.63, 3.8) is 0 Å². The van der Waals surface area contributed by atoms with Gasteiger partial charge in [0.25, 0.3) is 0 Å². The highest BCUT2D eigenvalue weighted by molar-refractivity contribution is 6.62. The number of aromatic nitrogens is 1. The van der Waals surface area contributed by atoms with Crippen LogP contribution in [-0.2, 0) is 27.6 Å². The van der Waals surface area contributed by atoms with E-state index < -0.39 is 23.7 Å². The molecular formula is C21H23BN2O2. The molecule has 26 heavy (non-hydrogen) atoms. The van der Waals surface area contributed by atoms with Crippen molar-refractivity contribution in [2.45, 2.75) is 57.2 Å². The minimum absolute atomic E-state index is 0.399. The summed E-state index contributed by atoms with van der Waals surface area (Å²) < 4.78 is 12.3. The van der Waals surface area contributed by atoms with Crippen LogP contribution in [0.1, 0.15) is 44.4 Å². The highest BCUT2D eigenvalue weighted by Gasteiger charge is 2.52. The van der Waals surface area contributed by atoms with E-state index in [-0.39, 0.29) is 0 Å². The first kappa shape index (κ1) is 17.3. The highest BCUT2D eigenvalue weighted by Crippen LogP contribution is 2.40. The van der Waals surface area contributed by atoms with Crippen molar-refractivity contribution in [1.82, 2.24) is 4.98 Å². The molecule has 0 amide bonds. The molecule has 132 valence electrons. The second-order valence-electron chi connectivity index (χ2n) is 8.41. The van der Waals surface area contributed by atoms with E-state index in [9.17, 15) is 5.26 Å². The first-order valence-corrected chi connectivity index (χ1v) is 9.05. The number of pyridine rings is 1. The molecule has 0 N–H and O–H groups in total. The zero-order valence-corrected chi connectivity index (χ0v) is 15.7. The van der Waals surface area contributed by atoms with Crippen LogP contribution in [0.3, 0.4) is 0 Å². The Morgan fingerprint density at radius 2 is 1.58 bits per heavy atom. The lowest BCUT2D eigenvalue weighted by atomic mass is 9.74. The normalized spacial score (nSPS) is 22.0. The summed E-state index contributed by atoms with van der Waals surface area (Å²) in [7, 11) is -0.466. The number of hydrogen-bond donors (Lipinski definition) is 0. The molecule has 1 aromatic heterocycles. The summed E-state index contributed by atoms with van der Waals surface area (Å²) in [5.41, 5.74) is 2.92. The first-order chi connectivity index (χ1) is 12.3. The molecule has 2 aromatic rings. The molecule has 0 atom stereocenters. The smallest absolute Gasteiger partial charge is 0.399 e. The fourth-order valence-electron chi connectivity index (χ4n) is 3.79. The molecule has 1 aliphatic carbocycles. The Hall–Kier alpha value is -2.16. The predicted octanol–water partition coefficient (Wildman–Crippen LogP) is 2.94. The fourth-order valence-corrected chi connectivity index (χ4v) is 3.79. The highest BCUT2D eigenvalue weighted by atomic mass is 16.7. The van der Waals surface area contributed by atoms with Gasteiger partial charge in [0, 0.05) is 17.9 Å². The summed E-state index contributed by atoms with van der Waals surface area (Å²) in [5, 5.41) is 10.0. The maximum atomic E-state index is 10.0. The molecule has 5 heteroatoms. The lowest BCUT2D eigenvalue weighted by Crippen LogP contribution is -2.41. The molecule has 2 aliphatic rings. The monoisotopic (exact) mass is 346 g/mol. The Balaban J connectivity index is 1.68. The molecule has 0 radical (unpaired) electrons. The third-order valence-electron chi connectivity index (χ3n) is 6.15. The number of rotatable bonds is 2. The largest absolute Gasteiger partial charge is 0.496 e. The van der Waals surface area contributed by atoms with Crippen LogP contribution in [0.4, 0.5) is 0 Å². The van der Waals surface area contributed by atoms with Crippen molar-refractivity contribution in [3.05, 3.63) is 59.4 Å². The van der Waals surface area contributed by atoms with Crippen LogP contribution in [0.25, 0.3) is 0 Å². The van der Waals surface area contributed by atoms with Gasteiger partial charge in [0.2, 0.25) is 0 Å². The molecule has 0 unspecified atom stereocenters. The Morgan fingerprint density at radius 1 is 1.00 bits per heavy atom. The molecule has 1 aromatic carbocycles. The van der Waals surface area contributed by atoms with Gasteiger partial charge in [0.1, 0.15) is 0 Å². The van der Waals surface area contributed by atoms with Gasteiger partial charge < -0.3 is 9.31 Å². The van der Waals surface area contributed by atoms with Gasteiger partial charge in [-0.05, 0) is 57.2 Å². The topological polar surface area (TPSA) is 55.1 Å². The van der Waals surface area contributed by atoms with Gasteiger partial charge in [0.05, 0.1) is 22.7 Å². The molecule has 1 aliphatic heterocycles. The summed E-state index contributed by atoms with van der Waals surface area (Å²) in [6.45, 7) is 8.15. The zero-order chi connectivity index (χ0) is 18.6. The van der Waals surface area contributed by atoms with Crippen LogP contribution in [0.5, 0.6) is 0 Å². The Labute approximate surface area is 155 Å². The Kier molecular flexibility index (Phi) is 3.77. The summed E-state index contributed by atoms with van der Waals surface area (Å²) in [6, 6.07) is 12.9. The summed E-state index contributed by atoms with van der Waals surface area (Å²) in [4.78, 5) is 4.41. The van der Waals surface area contributed by atoms with Gasteiger partial charge in [-0.2, -0.15) is 5.26 Å². The average molecular weight is 346 g/mol. The van der Waals surface area contributed by atoms with Crippen molar-refractivity contribution >= 4 is 12.6 Å². The minimum atomic E-state index is -0.573. The molecular weight excluding hydrogens is 323 g/mol. The van der Waals surface area contributed by atoms with Crippen molar-refractivity contribution < 1.29 is 9.31 Å². The van der Waals surface area contributed by atoms with Crippen LogP contribution in [0.15, 0.2) is 42.7 Å².